The van der Waals surface area contributed by atoms with Gasteiger partial charge in [0.05, 0.1) is 0 Å². The Morgan fingerprint density at radius 2 is 1.95 bits per heavy atom. The summed E-state index contributed by atoms with van der Waals surface area (Å²) in [6, 6.07) is 0.453. The fourth-order valence-electron chi connectivity index (χ4n) is 3.46. The molecular formula is C15H31N3O2S. The maximum absolute atomic E-state index is 12.9. The van der Waals surface area contributed by atoms with E-state index < -0.39 is 10.2 Å². The predicted octanol–water partition coefficient (Wildman–Crippen LogP) is 1.82. The molecule has 1 atom stereocenters. The van der Waals surface area contributed by atoms with Gasteiger partial charge in [-0.25, -0.2) is 0 Å². The lowest BCUT2D eigenvalue weighted by Crippen LogP contribution is -2.53. The van der Waals surface area contributed by atoms with E-state index in [1.54, 1.807) is 8.61 Å². The van der Waals surface area contributed by atoms with Gasteiger partial charge in [0.25, 0.3) is 10.2 Å². The number of hydrogen-bond acceptors (Lipinski definition) is 3. The third kappa shape index (κ3) is 3.97. The normalized spacial score (nSPS) is 28.3. The summed E-state index contributed by atoms with van der Waals surface area (Å²) in [6.07, 6.45) is 4.02. The van der Waals surface area contributed by atoms with Gasteiger partial charge in [0.1, 0.15) is 0 Å². The van der Waals surface area contributed by atoms with Crippen LogP contribution in [0.25, 0.3) is 0 Å². The van der Waals surface area contributed by atoms with Crippen LogP contribution in [-0.2, 0) is 10.2 Å². The van der Waals surface area contributed by atoms with Crippen molar-refractivity contribution in [2.45, 2.75) is 65.0 Å². The maximum Gasteiger partial charge on any atom is 0.282 e. The van der Waals surface area contributed by atoms with Crippen molar-refractivity contribution in [2.24, 2.45) is 5.92 Å². The lowest BCUT2D eigenvalue weighted by atomic mass is 9.99. The van der Waals surface area contributed by atoms with Crippen molar-refractivity contribution in [3.8, 4) is 0 Å². The Kier molecular flexibility index (Phi) is 5.34. The summed E-state index contributed by atoms with van der Waals surface area (Å²) in [6.45, 7) is 11.3. The van der Waals surface area contributed by atoms with Crippen LogP contribution in [0.15, 0.2) is 0 Å². The largest absolute Gasteiger partial charge is 0.314 e. The van der Waals surface area contributed by atoms with E-state index in [2.05, 4.69) is 19.2 Å². The number of rotatable bonds is 5. The van der Waals surface area contributed by atoms with Crippen molar-refractivity contribution < 1.29 is 8.42 Å². The molecule has 2 rings (SSSR count). The molecule has 0 radical (unpaired) electrons. The van der Waals surface area contributed by atoms with Crippen LogP contribution in [0.1, 0.15) is 53.4 Å². The molecule has 0 aromatic rings. The zero-order valence-corrected chi connectivity index (χ0v) is 14.7. The van der Waals surface area contributed by atoms with Gasteiger partial charge in [0.15, 0.2) is 0 Å². The summed E-state index contributed by atoms with van der Waals surface area (Å²) in [5.41, 5.74) is -0.234. The van der Waals surface area contributed by atoms with Gasteiger partial charge < -0.3 is 5.32 Å². The van der Waals surface area contributed by atoms with Gasteiger partial charge in [-0.3, -0.25) is 0 Å². The van der Waals surface area contributed by atoms with E-state index in [1.165, 1.54) is 0 Å². The van der Waals surface area contributed by atoms with Crippen molar-refractivity contribution in [1.82, 2.24) is 13.9 Å². The van der Waals surface area contributed by atoms with E-state index in [1.807, 2.05) is 13.8 Å². The summed E-state index contributed by atoms with van der Waals surface area (Å²) in [4.78, 5) is 0. The molecule has 1 unspecified atom stereocenters. The second-order valence-corrected chi connectivity index (χ2v) is 9.28. The van der Waals surface area contributed by atoms with Crippen molar-refractivity contribution in [1.29, 1.82) is 0 Å². The predicted molar refractivity (Wildman–Crippen MR) is 86.4 cm³/mol. The van der Waals surface area contributed by atoms with Gasteiger partial charge in [0, 0.05) is 31.2 Å². The van der Waals surface area contributed by atoms with Gasteiger partial charge in [-0.2, -0.15) is 17.0 Å². The standard InChI is InChI=1S/C15H31N3O2S/c1-13(2)16-11-14-7-5-9-17(12-14)21(19,20)18-10-6-8-15(18,3)4/h13-14,16H,5-12H2,1-4H3. The van der Waals surface area contributed by atoms with Crippen LogP contribution in [-0.4, -0.2) is 54.8 Å². The highest BCUT2D eigenvalue weighted by Gasteiger charge is 2.43. The molecule has 0 bridgehead atoms. The van der Waals surface area contributed by atoms with Gasteiger partial charge in [-0.05, 0) is 52.0 Å². The van der Waals surface area contributed by atoms with E-state index in [4.69, 9.17) is 0 Å². The molecule has 0 saturated carbocycles. The highest BCUT2D eigenvalue weighted by molar-refractivity contribution is 7.86. The lowest BCUT2D eigenvalue weighted by Gasteiger charge is -2.39. The van der Waals surface area contributed by atoms with E-state index in [0.717, 1.165) is 32.2 Å². The molecule has 5 nitrogen and oxygen atoms in total. The third-order valence-electron chi connectivity index (χ3n) is 4.73. The highest BCUT2D eigenvalue weighted by atomic mass is 32.2. The van der Waals surface area contributed by atoms with Gasteiger partial charge in [-0.1, -0.05) is 13.8 Å². The molecule has 2 heterocycles. The summed E-state index contributed by atoms with van der Waals surface area (Å²) >= 11 is 0. The monoisotopic (exact) mass is 317 g/mol. The first kappa shape index (κ1) is 17.2. The average molecular weight is 317 g/mol. The molecule has 0 amide bonds. The average Bonchev–Trinajstić information content (AvgIpc) is 2.77. The molecule has 21 heavy (non-hydrogen) atoms. The third-order valence-corrected chi connectivity index (χ3v) is 6.94. The molecule has 2 fully saturated rings. The van der Waals surface area contributed by atoms with Crippen LogP contribution >= 0.6 is 0 Å². The van der Waals surface area contributed by atoms with Crippen LogP contribution in [0.5, 0.6) is 0 Å². The Morgan fingerprint density at radius 1 is 1.24 bits per heavy atom. The quantitative estimate of drug-likeness (QED) is 0.841. The molecule has 1 N–H and O–H groups in total. The second kappa shape index (κ2) is 6.52. The first-order valence-electron chi connectivity index (χ1n) is 8.25. The Morgan fingerprint density at radius 3 is 2.52 bits per heavy atom. The minimum absolute atomic E-state index is 0.234. The molecule has 0 aliphatic carbocycles. The molecule has 2 aliphatic heterocycles. The van der Waals surface area contributed by atoms with Crippen LogP contribution in [0.4, 0.5) is 0 Å². The zero-order valence-electron chi connectivity index (χ0n) is 13.9. The Labute approximate surface area is 130 Å². The van der Waals surface area contributed by atoms with Crippen LogP contribution in [0.2, 0.25) is 0 Å². The van der Waals surface area contributed by atoms with Gasteiger partial charge >= 0.3 is 0 Å². The van der Waals surface area contributed by atoms with Crippen LogP contribution < -0.4 is 5.32 Å². The van der Waals surface area contributed by atoms with Crippen molar-refractivity contribution >= 4 is 10.2 Å². The van der Waals surface area contributed by atoms with E-state index in [9.17, 15) is 8.42 Å². The lowest BCUT2D eigenvalue weighted by molar-refractivity contribution is 0.218. The first-order chi connectivity index (χ1) is 9.73. The minimum atomic E-state index is -3.30. The first-order valence-corrected chi connectivity index (χ1v) is 9.64. The van der Waals surface area contributed by atoms with E-state index in [-0.39, 0.29) is 5.54 Å². The van der Waals surface area contributed by atoms with E-state index >= 15 is 0 Å². The molecule has 6 heteroatoms. The number of piperidine rings is 1. The molecule has 124 valence electrons. The number of nitrogens with one attached hydrogen (secondary N) is 1. The molecule has 0 aromatic heterocycles. The minimum Gasteiger partial charge on any atom is -0.314 e. The van der Waals surface area contributed by atoms with Crippen LogP contribution in [0, 0.1) is 5.92 Å². The molecule has 0 spiro atoms. The summed E-state index contributed by atoms with van der Waals surface area (Å²) in [5, 5.41) is 3.44. The smallest absolute Gasteiger partial charge is 0.282 e. The fourth-order valence-corrected chi connectivity index (χ4v) is 5.57. The zero-order chi connectivity index (χ0) is 15.7. The molecular weight excluding hydrogens is 286 g/mol. The van der Waals surface area contributed by atoms with Gasteiger partial charge in [-0.15, -0.1) is 0 Å². The Bertz CT molecular complexity index is 448. The molecule has 2 aliphatic rings. The highest BCUT2D eigenvalue weighted by Crippen LogP contribution is 2.33. The summed E-state index contributed by atoms with van der Waals surface area (Å²) < 4.78 is 29.3. The van der Waals surface area contributed by atoms with Gasteiger partial charge in [0.2, 0.25) is 0 Å². The summed E-state index contributed by atoms with van der Waals surface area (Å²) in [7, 11) is -3.30. The van der Waals surface area contributed by atoms with Crippen molar-refractivity contribution in [2.75, 3.05) is 26.2 Å². The number of nitrogens with zero attached hydrogens (tertiary/aromatic N) is 2. The van der Waals surface area contributed by atoms with Crippen molar-refractivity contribution in [3.05, 3.63) is 0 Å². The van der Waals surface area contributed by atoms with Crippen molar-refractivity contribution in [3.63, 3.8) is 0 Å². The SMILES string of the molecule is CC(C)NCC1CCCN(S(=O)(=O)N2CCCC2(C)C)C1. The topological polar surface area (TPSA) is 52.7 Å². The maximum atomic E-state index is 12.9. The molecule has 2 saturated heterocycles. The molecule has 0 aromatic carbocycles. The number of hydrogen-bond donors (Lipinski definition) is 1. The summed E-state index contributed by atoms with van der Waals surface area (Å²) in [5.74, 6) is 0.432. The van der Waals surface area contributed by atoms with E-state index in [0.29, 0.717) is 31.6 Å². The Balaban J connectivity index is 2.03. The fraction of sp³-hybridized carbons (Fsp3) is 1.00. The van der Waals surface area contributed by atoms with Crippen LogP contribution in [0.3, 0.4) is 0 Å². The second-order valence-electron chi connectivity index (χ2n) is 7.43. The Hall–Kier alpha value is -0.170.